The van der Waals surface area contributed by atoms with Crippen molar-refractivity contribution in [3.05, 3.63) is 35.9 Å². The van der Waals surface area contributed by atoms with Crippen LogP contribution in [-0.2, 0) is 16.0 Å². The number of likely N-dealkylation sites (tertiary alicyclic amines) is 1. The monoisotopic (exact) mass is 345 g/mol. The summed E-state index contributed by atoms with van der Waals surface area (Å²) in [6, 6.07) is 9.36. The molecule has 2 atom stereocenters. The number of carbonyl (C=O) groups excluding carboxylic acids is 3. The maximum absolute atomic E-state index is 12.5. The molecule has 2 saturated heterocycles. The molecular weight excluding hydrogens is 322 g/mol. The topological polar surface area (TPSA) is 89.9 Å². The van der Waals surface area contributed by atoms with Crippen molar-refractivity contribution >= 4 is 17.8 Å². The quantitative estimate of drug-likeness (QED) is 0.772. The zero-order valence-corrected chi connectivity index (χ0v) is 14.3. The van der Waals surface area contributed by atoms with E-state index in [9.17, 15) is 19.5 Å². The van der Waals surface area contributed by atoms with Gasteiger partial charge in [0.05, 0.1) is 5.60 Å². The van der Waals surface area contributed by atoms with E-state index in [4.69, 9.17) is 0 Å². The molecule has 7 heteroatoms. The average molecular weight is 345 g/mol. The number of hydrogen-bond acceptors (Lipinski definition) is 4. The number of urea groups is 1. The third-order valence-corrected chi connectivity index (χ3v) is 5.08. The van der Waals surface area contributed by atoms with Crippen molar-refractivity contribution in [1.82, 2.24) is 15.1 Å². The Morgan fingerprint density at radius 1 is 1.32 bits per heavy atom. The second-order valence-corrected chi connectivity index (χ2v) is 7.04. The first-order chi connectivity index (χ1) is 11.8. The van der Waals surface area contributed by atoms with Crippen molar-refractivity contribution in [2.45, 2.75) is 25.4 Å². The van der Waals surface area contributed by atoms with Crippen LogP contribution in [0.15, 0.2) is 30.3 Å². The van der Waals surface area contributed by atoms with Crippen LogP contribution in [0.4, 0.5) is 4.79 Å². The van der Waals surface area contributed by atoms with Crippen molar-refractivity contribution in [3.8, 4) is 0 Å². The summed E-state index contributed by atoms with van der Waals surface area (Å²) >= 11 is 0. The fourth-order valence-corrected chi connectivity index (χ4v) is 3.40. The van der Waals surface area contributed by atoms with Crippen LogP contribution in [0.25, 0.3) is 0 Å². The molecule has 2 fully saturated rings. The van der Waals surface area contributed by atoms with Gasteiger partial charge < -0.3 is 14.9 Å². The first-order valence-electron chi connectivity index (χ1n) is 8.48. The zero-order valence-electron chi connectivity index (χ0n) is 14.3. The van der Waals surface area contributed by atoms with Gasteiger partial charge in [0.1, 0.15) is 13.1 Å². The lowest BCUT2D eigenvalue weighted by atomic mass is 9.79. The summed E-state index contributed by atoms with van der Waals surface area (Å²) in [4.78, 5) is 38.2. The lowest BCUT2D eigenvalue weighted by Crippen LogP contribution is -2.54. The minimum absolute atomic E-state index is 0.0798. The van der Waals surface area contributed by atoms with E-state index in [1.807, 2.05) is 37.3 Å². The summed E-state index contributed by atoms with van der Waals surface area (Å²) in [5.41, 5.74) is 0.278. The van der Waals surface area contributed by atoms with E-state index in [0.29, 0.717) is 25.9 Å². The second-order valence-electron chi connectivity index (χ2n) is 7.04. The molecule has 2 aliphatic rings. The summed E-state index contributed by atoms with van der Waals surface area (Å²) in [6.07, 6.45) is 1.17. The number of benzene rings is 1. The Morgan fingerprint density at radius 3 is 2.68 bits per heavy atom. The van der Waals surface area contributed by atoms with Gasteiger partial charge >= 0.3 is 6.03 Å². The predicted molar refractivity (Wildman–Crippen MR) is 90.6 cm³/mol. The maximum atomic E-state index is 12.5. The maximum Gasteiger partial charge on any atom is 0.325 e. The Labute approximate surface area is 146 Å². The standard InChI is InChI=1S/C18H23N3O4/c1-18(25)7-8-20(10-14(18)9-13-5-3-2-4-6-13)16(23)12-21-11-15(22)19-17(21)24/h2-6,14,25H,7-12H2,1H3,(H,19,22,24)/t14-,18+/m0/s1. The van der Waals surface area contributed by atoms with Crippen molar-refractivity contribution in [2.75, 3.05) is 26.2 Å². The van der Waals surface area contributed by atoms with E-state index in [1.165, 1.54) is 4.90 Å². The minimum Gasteiger partial charge on any atom is -0.390 e. The van der Waals surface area contributed by atoms with Crippen LogP contribution in [0.3, 0.4) is 0 Å². The first kappa shape index (κ1) is 17.4. The van der Waals surface area contributed by atoms with Gasteiger partial charge in [-0.3, -0.25) is 14.9 Å². The number of piperidine rings is 1. The fourth-order valence-electron chi connectivity index (χ4n) is 3.40. The summed E-state index contributed by atoms with van der Waals surface area (Å²) in [6.45, 7) is 2.50. The molecule has 4 amide bonds. The van der Waals surface area contributed by atoms with Crippen LogP contribution < -0.4 is 5.32 Å². The van der Waals surface area contributed by atoms with Crippen LogP contribution in [-0.4, -0.2) is 64.5 Å². The number of nitrogens with one attached hydrogen (secondary N) is 1. The van der Waals surface area contributed by atoms with Crippen molar-refractivity contribution in [3.63, 3.8) is 0 Å². The molecule has 2 aliphatic heterocycles. The van der Waals surface area contributed by atoms with E-state index >= 15 is 0 Å². The number of imide groups is 1. The van der Waals surface area contributed by atoms with Gasteiger partial charge in [0.15, 0.2) is 0 Å². The highest BCUT2D eigenvalue weighted by molar-refractivity contribution is 6.03. The van der Waals surface area contributed by atoms with Gasteiger partial charge in [-0.05, 0) is 25.3 Å². The lowest BCUT2D eigenvalue weighted by Gasteiger charge is -2.43. The molecule has 0 unspecified atom stereocenters. The van der Waals surface area contributed by atoms with Gasteiger partial charge in [0.2, 0.25) is 11.8 Å². The highest BCUT2D eigenvalue weighted by atomic mass is 16.3. The number of hydrogen-bond donors (Lipinski definition) is 2. The van der Waals surface area contributed by atoms with Crippen LogP contribution in [0.2, 0.25) is 0 Å². The molecule has 0 aromatic heterocycles. The molecule has 134 valence electrons. The van der Waals surface area contributed by atoms with E-state index in [0.717, 1.165) is 5.56 Å². The van der Waals surface area contributed by atoms with Gasteiger partial charge in [-0.15, -0.1) is 0 Å². The summed E-state index contributed by atoms with van der Waals surface area (Å²) in [5.74, 6) is -0.665. The van der Waals surface area contributed by atoms with Crippen molar-refractivity contribution in [1.29, 1.82) is 0 Å². The molecule has 2 heterocycles. The Morgan fingerprint density at radius 2 is 2.04 bits per heavy atom. The molecule has 1 aromatic rings. The Balaban J connectivity index is 1.64. The van der Waals surface area contributed by atoms with Gasteiger partial charge in [-0.2, -0.15) is 0 Å². The SMILES string of the molecule is C[C@@]1(O)CCN(C(=O)CN2CC(=O)NC2=O)C[C@@H]1Cc1ccccc1. The van der Waals surface area contributed by atoms with Crippen LogP contribution >= 0.6 is 0 Å². The molecule has 0 bridgehead atoms. The third-order valence-electron chi connectivity index (χ3n) is 5.08. The smallest absolute Gasteiger partial charge is 0.325 e. The number of aliphatic hydroxyl groups is 1. The Hall–Kier alpha value is -2.41. The van der Waals surface area contributed by atoms with E-state index in [-0.39, 0.29) is 30.8 Å². The molecule has 1 aromatic carbocycles. The van der Waals surface area contributed by atoms with E-state index in [1.54, 1.807) is 4.90 Å². The van der Waals surface area contributed by atoms with Crippen LogP contribution in [0.5, 0.6) is 0 Å². The molecule has 3 rings (SSSR count). The van der Waals surface area contributed by atoms with Crippen molar-refractivity contribution in [2.24, 2.45) is 5.92 Å². The van der Waals surface area contributed by atoms with E-state index < -0.39 is 11.6 Å². The molecular formula is C18H23N3O4. The van der Waals surface area contributed by atoms with Gasteiger partial charge in [-0.1, -0.05) is 30.3 Å². The lowest BCUT2D eigenvalue weighted by molar-refractivity contribution is -0.139. The zero-order chi connectivity index (χ0) is 18.0. The number of rotatable bonds is 4. The van der Waals surface area contributed by atoms with Gasteiger partial charge in [0.25, 0.3) is 0 Å². The highest BCUT2D eigenvalue weighted by Crippen LogP contribution is 2.30. The summed E-state index contributed by atoms with van der Waals surface area (Å²) < 4.78 is 0. The largest absolute Gasteiger partial charge is 0.390 e. The number of amides is 4. The Bertz CT molecular complexity index is 674. The van der Waals surface area contributed by atoms with Crippen molar-refractivity contribution < 1.29 is 19.5 Å². The Kier molecular flexibility index (Phi) is 4.76. The molecule has 2 N–H and O–H groups in total. The van der Waals surface area contributed by atoms with E-state index in [2.05, 4.69) is 5.32 Å². The van der Waals surface area contributed by atoms with Gasteiger partial charge in [-0.25, -0.2) is 4.79 Å². The first-order valence-corrected chi connectivity index (χ1v) is 8.48. The molecule has 0 radical (unpaired) electrons. The third kappa shape index (κ3) is 3.99. The van der Waals surface area contributed by atoms with Crippen LogP contribution in [0, 0.1) is 5.92 Å². The second kappa shape index (κ2) is 6.84. The fraction of sp³-hybridized carbons (Fsp3) is 0.500. The summed E-state index contributed by atoms with van der Waals surface area (Å²) in [5, 5.41) is 12.9. The number of carbonyl (C=O) groups is 3. The average Bonchev–Trinajstić information content (AvgIpc) is 2.87. The predicted octanol–water partition coefficient (Wildman–Crippen LogP) is 0.380. The summed E-state index contributed by atoms with van der Waals surface area (Å²) in [7, 11) is 0. The minimum atomic E-state index is -0.840. The normalized spacial score (nSPS) is 26.7. The molecule has 25 heavy (non-hydrogen) atoms. The molecule has 0 saturated carbocycles. The highest BCUT2D eigenvalue weighted by Gasteiger charge is 2.39. The molecule has 0 aliphatic carbocycles. The molecule has 7 nitrogen and oxygen atoms in total. The van der Waals surface area contributed by atoms with Gasteiger partial charge in [0, 0.05) is 19.0 Å². The number of nitrogens with zero attached hydrogens (tertiary/aromatic N) is 2. The molecule has 0 spiro atoms. The van der Waals surface area contributed by atoms with Crippen LogP contribution in [0.1, 0.15) is 18.9 Å².